The van der Waals surface area contributed by atoms with Gasteiger partial charge >= 0.3 is 5.97 Å². The molecule has 4 aromatic rings. The molecule has 1 fully saturated rings. The Morgan fingerprint density at radius 3 is 2.66 bits per heavy atom. The number of ether oxygens (including phenoxy) is 1. The predicted octanol–water partition coefficient (Wildman–Crippen LogP) is 3.57. The normalized spacial score (nSPS) is 17.5. The number of benzene rings is 1. The number of carbonyl (C=O) groups is 1. The third-order valence-corrected chi connectivity index (χ3v) is 10.4. The minimum atomic E-state index is -3.97. The first-order chi connectivity index (χ1) is 21.0. The lowest BCUT2D eigenvalue weighted by atomic mass is 9.85. The highest BCUT2D eigenvalue weighted by Crippen LogP contribution is 2.46. The molecule has 1 aliphatic carbocycles. The molecule has 1 saturated carbocycles. The van der Waals surface area contributed by atoms with Crippen LogP contribution in [0.5, 0.6) is 5.88 Å². The van der Waals surface area contributed by atoms with Crippen LogP contribution in [-0.2, 0) is 21.4 Å². The van der Waals surface area contributed by atoms with Gasteiger partial charge in [0.25, 0.3) is 0 Å². The molecule has 0 amide bonds. The number of nitrogens with one attached hydrogen (secondary N) is 1. The van der Waals surface area contributed by atoms with Crippen molar-refractivity contribution in [3.05, 3.63) is 76.2 Å². The van der Waals surface area contributed by atoms with E-state index in [1.54, 1.807) is 6.07 Å². The lowest BCUT2D eigenvalue weighted by molar-refractivity contribution is -0.137. The average Bonchev–Trinajstić information content (AvgIpc) is 3.64. The smallest absolute Gasteiger partial charge is 0.304 e. The van der Waals surface area contributed by atoms with E-state index in [0.717, 1.165) is 33.6 Å². The monoisotopic (exact) mass is 620 g/mol. The summed E-state index contributed by atoms with van der Waals surface area (Å²) in [6.45, 7) is 6.52. The number of aromatic nitrogens is 4. The summed E-state index contributed by atoms with van der Waals surface area (Å²) < 4.78 is 37.7. The number of pyridine rings is 2. The zero-order chi connectivity index (χ0) is 31.2. The molecule has 0 bridgehead atoms. The molecule has 1 aromatic carbocycles. The van der Waals surface area contributed by atoms with E-state index in [-0.39, 0.29) is 36.9 Å². The van der Waals surface area contributed by atoms with E-state index in [2.05, 4.69) is 20.5 Å². The summed E-state index contributed by atoms with van der Waals surface area (Å²) in [5, 5.41) is 30.5. The van der Waals surface area contributed by atoms with Gasteiger partial charge in [-0.3, -0.25) is 9.20 Å². The number of aliphatic carboxylic acids is 1. The van der Waals surface area contributed by atoms with Crippen LogP contribution in [0.15, 0.2) is 47.5 Å². The second-order valence-corrected chi connectivity index (χ2v) is 13.6. The van der Waals surface area contributed by atoms with Gasteiger partial charge in [0.2, 0.25) is 15.9 Å². The van der Waals surface area contributed by atoms with Gasteiger partial charge in [0.15, 0.2) is 5.65 Å². The zero-order valence-corrected chi connectivity index (χ0v) is 25.8. The molecule has 44 heavy (non-hydrogen) atoms. The summed E-state index contributed by atoms with van der Waals surface area (Å²) in [4.78, 5) is 16.6. The fraction of sp³-hybridized carbons (Fsp3) is 0.419. The highest BCUT2D eigenvalue weighted by atomic mass is 32.2. The number of nitrogens with zero attached hydrogens (tertiary/aromatic N) is 5. The van der Waals surface area contributed by atoms with Crippen molar-refractivity contribution in [2.45, 2.75) is 69.4 Å². The van der Waals surface area contributed by atoms with Crippen LogP contribution < -0.4 is 10.1 Å². The van der Waals surface area contributed by atoms with Crippen LogP contribution in [0.2, 0.25) is 0 Å². The van der Waals surface area contributed by atoms with Crippen molar-refractivity contribution in [3.63, 3.8) is 0 Å². The average molecular weight is 621 g/mol. The molecule has 0 unspecified atom stereocenters. The number of aryl methyl sites for hydroxylation is 3. The van der Waals surface area contributed by atoms with Crippen LogP contribution >= 0.6 is 0 Å². The number of fused-ring (bicyclic) bond motifs is 2. The Bertz CT molecular complexity index is 1850. The Labute approximate surface area is 255 Å². The molecular weight excluding hydrogens is 584 g/mol. The van der Waals surface area contributed by atoms with E-state index in [1.165, 1.54) is 10.4 Å². The number of hydrogen-bond acceptors (Lipinski definition) is 9. The minimum Gasteiger partial charge on any atom is -0.481 e. The van der Waals surface area contributed by atoms with Crippen molar-refractivity contribution in [2.24, 2.45) is 0 Å². The number of aliphatic hydroxyl groups is 1. The van der Waals surface area contributed by atoms with E-state index >= 15 is 0 Å². The second-order valence-electron chi connectivity index (χ2n) is 11.7. The quantitative estimate of drug-likeness (QED) is 0.224. The molecule has 3 N–H and O–H groups in total. The SMILES string of the molecule is Cc1ccc([C@H](CC(=O)O)c2ccn3c(C)nnc3c2C)cc1CN1CC2(CC2)Oc2nc(NCCCO)ccc2S1(=O)=O. The summed E-state index contributed by atoms with van der Waals surface area (Å²) in [5.74, 6) is -0.107. The van der Waals surface area contributed by atoms with Gasteiger partial charge in [-0.25, -0.2) is 8.42 Å². The van der Waals surface area contributed by atoms with Crippen molar-refractivity contribution in [1.82, 2.24) is 23.9 Å². The van der Waals surface area contributed by atoms with Crippen LogP contribution in [-0.4, -0.2) is 73.8 Å². The highest BCUT2D eigenvalue weighted by Gasteiger charge is 2.52. The molecule has 0 radical (unpaired) electrons. The summed E-state index contributed by atoms with van der Waals surface area (Å²) in [6, 6.07) is 10.8. The molecule has 232 valence electrons. The van der Waals surface area contributed by atoms with Crippen LogP contribution in [0.4, 0.5) is 5.82 Å². The van der Waals surface area contributed by atoms with Gasteiger partial charge < -0.3 is 20.3 Å². The van der Waals surface area contributed by atoms with Gasteiger partial charge in [-0.2, -0.15) is 9.29 Å². The van der Waals surface area contributed by atoms with Crippen molar-refractivity contribution in [2.75, 3.05) is 25.0 Å². The molecular formula is C31H36N6O6S. The van der Waals surface area contributed by atoms with Gasteiger partial charge in [-0.15, -0.1) is 10.2 Å². The van der Waals surface area contributed by atoms with E-state index in [4.69, 9.17) is 9.84 Å². The van der Waals surface area contributed by atoms with E-state index < -0.39 is 27.5 Å². The van der Waals surface area contributed by atoms with E-state index in [0.29, 0.717) is 37.3 Å². The standard InChI is InChI=1S/C31H36N6O6S/c1-19-5-6-22(25(16-28(39)40)24-9-13-37-21(3)34-35-29(37)20(24)2)15-23(19)17-36-18-31(10-11-31)43-30-26(44(36,41)42)7-8-27(33-30)32-12-4-14-38/h5-9,13,15,25,38H,4,10-12,14,16-18H2,1-3H3,(H,32,33)(H,39,40)/t25-/m0/s1. The molecule has 12 nitrogen and oxygen atoms in total. The third kappa shape index (κ3) is 5.62. The lowest BCUT2D eigenvalue weighted by Crippen LogP contribution is -2.38. The maximum absolute atomic E-state index is 14.0. The first-order valence-electron chi connectivity index (χ1n) is 14.7. The Balaban J connectivity index is 1.35. The Morgan fingerprint density at radius 1 is 1.14 bits per heavy atom. The van der Waals surface area contributed by atoms with Crippen LogP contribution in [0.3, 0.4) is 0 Å². The van der Waals surface area contributed by atoms with Crippen LogP contribution in [0.1, 0.15) is 65.2 Å². The maximum Gasteiger partial charge on any atom is 0.304 e. The summed E-state index contributed by atoms with van der Waals surface area (Å²) in [6.07, 6.45) is 3.68. The number of sulfonamides is 1. The topological polar surface area (TPSA) is 159 Å². The van der Waals surface area contributed by atoms with Crippen LogP contribution in [0.25, 0.3) is 5.65 Å². The van der Waals surface area contributed by atoms with Gasteiger partial charge in [0.05, 0.1) is 13.0 Å². The van der Waals surface area contributed by atoms with Gasteiger partial charge in [-0.1, -0.05) is 18.2 Å². The first kappa shape index (κ1) is 30.0. The summed E-state index contributed by atoms with van der Waals surface area (Å²) >= 11 is 0. The molecule has 13 heteroatoms. The predicted molar refractivity (Wildman–Crippen MR) is 162 cm³/mol. The van der Waals surface area contributed by atoms with E-state index in [9.17, 15) is 18.3 Å². The van der Waals surface area contributed by atoms with Crippen molar-refractivity contribution < 1.29 is 28.2 Å². The Kier molecular flexibility index (Phi) is 7.80. The molecule has 4 heterocycles. The van der Waals surface area contributed by atoms with Gasteiger partial charge in [0, 0.05) is 31.8 Å². The largest absolute Gasteiger partial charge is 0.481 e. The van der Waals surface area contributed by atoms with Crippen molar-refractivity contribution >= 4 is 27.5 Å². The molecule has 1 atom stereocenters. The summed E-state index contributed by atoms with van der Waals surface area (Å²) in [5.41, 5.74) is 4.17. The van der Waals surface area contributed by atoms with E-state index in [1.807, 2.05) is 55.6 Å². The van der Waals surface area contributed by atoms with Crippen LogP contribution in [0, 0.1) is 20.8 Å². The fourth-order valence-electron chi connectivity index (χ4n) is 5.85. The lowest BCUT2D eigenvalue weighted by Gasteiger charge is -2.25. The molecule has 6 rings (SSSR count). The summed E-state index contributed by atoms with van der Waals surface area (Å²) in [7, 11) is -3.97. The Morgan fingerprint density at radius 2 is 1.93 bits per heavy atom. The number of aliphatic hydroxyl groups excluding tert-OH is 1. The zero-order valence-electron chi connectivity index (χ0n) is 24.9. The van der Waals surface area contributed by atoms with Crippen molar-refractivity contribution in [1.29, 1.82) is 0 Å². The number of anilines is 1. The molecule has 2 aliphatic rings. The number of carboxylic acid groups (broad SMARTS) is 1. The third-order valence-electron chi connectivity index (χ3n) is 8.58. The van der Waals surface area contributed by atoms with Gasteiger partial charge in [-0.05, 0) is 86.1 Å². The molecule has 1 aliphatic heterocycles. The fourth-order valence-corrected chi connectivity index (χ4v) is 7.40. The number of rotatable bonds is 10. The maximum atomic E-state index is 14.0. The first-order valence-corrected chi connectivity index (χ1v) is 16.1. The van der Waals surface area contributed by atoms with Gasteiger partial charge in [0.1, 0.15) is 22.1 Å². The second kappa shape index (κ2) is 11.5. The number of carboxylic acids is 1. The number of hydrogen-bond donors (Lipinski definition) is 3. The highest BCUT2D eigenvalue weighted by molar-refractivity contribution is 7.89. The molecule has 1 spiro atoms. The Hall–Kier alpha value is -4.07. The van der Waals surface area contributed by atoms with Crippen molar-refractivity contribution in [3.8, 4) is 5.88 Å². The molecule has 0 saturated heterocycles. The molecule has 3 aromatic heterocycles. The minimum absolute atomic E-state index is 0.0130.